The lowest BCUT2D eigenvalue weighted by molar-refractivity contribution is 0.605. The van der Waals surface area contributed by atoms with Crippen LogP contribution in [0.4, 0.5) is 0 Å². The van der Waals surface area contributed by atoms with E-state index in [1.165, 1.54) is 21.6 Å². The molecule has 0 heterocycles. The summed E-state index contributed by atoms with van der Waals surface area (Å²) in [5.41, 5.74) is 4.78. The molecular weight excluding hydrogens is 346 g/mol. The van der Waals surface area contributed by atoms with E-state index < -0.39 is 0 Å². The van der Waals surface area contributed by atoms with Crippen LogP contribution in [0.25, 0.3) is 6.08 Å². The van der Waals surface area contributed by atoms with Crippen LogP contribution < -0.4 is 5.32 Å². The van der Waals surface area contributed by atoms with Crippen molar-refractivity contribution in [2.75, 3.05) is 6.26 Å². The first kappa shape index (κ1) is 19.2. The Morgan fingerprint density at radius 2 is 1.44 bits per heavy atom. The summed E-state index contributed by atoms with van der Waals surface area (Å²) in [7, 11) is 0. The number of benzene rings is 3. The van der Waals surface area contributed by atoms with Crippen LogP contribution in [-0.2, 0) is 6.54 Å². The van der Waals surface area contributed by atoms with Gasteiger partial charge in [0.1, 0.15) is 0 Å². The fraction of sp³-hybridized carbons (Fsp3) is 0.120. The summed E-state index contributed by atoms with van der Waals surface area (Å²) in [6.07, 6.45) is 4.33. The fourth-order valence-corrected chi connectivity index (χ4v) is 3.66. The molecule has 1 N–H and O–H groups in total. The van der Waals surface area contributed by atoms with Gasteiger partial charge in [-0.25, -0.2) is 0 Å². The highest BCUT2D eigenvalue weighted by molar-refractivity contribution is 8.02. The smallest absolute Gasteiger partial charge is 0.0584 e. The first-order chi connectivity index (χ1) is 13.3. The van der Waals surface area contributed by atoms with Crippen LogP contribution in [-0.4, -0.2) is 6.26 Å². The van der Waals surface area contributed by atoms with Gasteiger partial charge in [0.05, 0.1) is 6.04 Å². The van der Waals surface area contributed by atoms with Gasteiger partial charge < -0.3 is 5.32 Å². The molecule has 1 nitrogen and oxygen atoms in total. The molecule has 3 aromatic rings. The lowest BCUT2D eigenvalue weighted by atomic mass is 9.98. The molecule has 0 aliphatic heterocycles. The highest BCUT2D eigenvalue weighted by Gasteiger charge is 2.17. The molecule has 1 unspecified atom stereocenters. The van der Waals surface area contributed by atoms with Gasteiger partial charge in [-0.15, -0.1) is 11.8 Å². The Bertz CT molecular complexity index is 870. The van der Waals surface area contributed by atoms with Crippen LogP contribution in [0.1, 0.15) is 22.7 Å². The molecule has 0 saturated carbocycles. The molecule has 136 valence electrons. The van der Waals surface area contributed by atoms with E-state index in [4.69, 9.17) is 0 Å². The normalized spacial score (nSPS) is 12.6. The van der Waals surface area contributed by atoms with Crippen LogP contribution in [0.15, 0.2) is 108 Å². The van der Waals surface area contributed by atoms with E-state index in [1.54, 1.807) is 11.8 Å². The van der Waals surface area contributed by atoms with E-state index in [1.807, 2.05) is 12.1 Å². The molecule has 3 rings (SSSR count). The Balaban J connectivity index is 1.86. The maximum absolute atomic E-state index is 4.46. The fourth-order valence-electron chi connectivity index (χ4n) is 3.03. The van der Waals surface area contributed by atoms with E-state index in [-0.39, 0.29) is 6.04 Å². The largest absolute Gasteiger partial charge is 0.302 e. The number of hydrogen-bond acceptors (Lipinski definition) is 2. The second-order valence-corrected chi connectivity index (χ2v) is 7.21. The average molecular weight is 372 g/mol. The van der Waals surface area contributed by atoms with Crippen molar-refractivity contribution in [1.29, 1.82) is 0 Å². The van der Waals surface area contributed by atoms with Crippen molar-refractivity contribution in [3.05, 3.63) is 125 Å². The third-order valence-electron chi connectivity index (χ3n) is 4.47. The summed E-state index contributed by atoms with van der Waals surface area (Å²) in [6, 6.07) is 31.5. The number of nitrogens with one attached hydrogen (secondary N) is 1. The van der Waals surface area contributed by atoms with Crippen LogP contribution in [0.2, 0.25) is 0 Å². The minimum absolute atomic E-state index is 0.0637. The molecule has 3 aromatic carbocycles. The maximum Gasteiger partial charge on any atom is 0.0584 e. The topological polar surface area (TPSA) is 12.0 Å². The maximum atomic E-state index is 4.46. The van der Waals surface area contributed by atoms with Gasteiger partial charge in [-0.1, -0.05) is 97.6 Å². The number of hydrogen-bond donors (Lipinski definition) is 1. The van der Waals surface area contributed by atoms with Gasteiger partial charge >= 0.3 is 0 Å². The second-order valence-electron chi connectivity index (χ2n) is 6.36. The lowest BCUT2D eigenvalue weighted by Gasteiger charge is -2.23. The average Bonchev–Trinajstić information content (AvgIpc) is 2.74. The Hall–Kier alpha value is -2.55. The van der Waals surface area contributed by atoms with Crippen LogP contribution in [0.5, 0.6) is 0 Å². The van der Waals surface area contributed by atoms with E-state index in [9.17, 15) is 0 Å². The highest BCUT2D eigenvalue weighted by atomic mass is 32.2. The van der Waals surface area contributed by atoms with Gasteiger partial charge in [-0.05, 0) is 34.6 Å². The van der Waals surface area contributed by atoms with Crippen LogP contribution in [0, 0.1) is 0 Å². The quantitative estimate of drug-likeness (QED) is 0.455. The monoisotopic (exact) mass is 371 g/mol. The third kappa shape index (κ3) is 5.46. The van der Waals surface area contributed by atoms with E-state index in [2.05, 4.69) is 103 Å². The Kier molecular flexibility index (Phi) is 7.09. The molecule has 0 aliphatic carbocycles. The van der Waals surface area contributed by atoms with Gasteiger partial charge in [-0.2, -0.15) is 0 Å². The van der Waals surface area contributed by atoms with Gasteiger partial charge in [-0.3, -0.25) is 0 Å². The van der Waals surface area contributed by atoms with Gasteiger partial charge in [0.15, 0.2) is 0 Å². The molecule has 0 aromatic heterocycles. The zero-order valence-corrected chi connectivity index (χ0v) is 16.5. The Labute approximate surface area is 166 Å². The highest BCUT2D eigenvalue weighted by Crippen LogP contribution is 2.33. The van der Waals surface area contributed by atoms with Gasteiger partial charge in [0, 0.05) is 11.4 Å². The minimum Gasteiger partial charge on any atom is -0.302 e. The molecule has 0 saturated heterocycles. The lowest BCUT2D eigenvalue weighted by Crippen LogP contribution is -2.23. The molecule has 0 radical (unpaired) electrons. The van der Waals surface area contributed by atoms with Crippen molar-refractivity contribution in [3.63, 3.8) is 0 Å². The van der Waals surface area contributed by atoms with Crippen LogP contribution >= 0.6 is 11.8 Å². The third-order valence-corrected chi connectivity index (χ3v) is 5.29. The first-order valence-corrected chi connectivity index (χ1v) is 10.3. The minimum atomic E-state index is 0.0637. The van der Waals surface area contributed by atoms with Gasteiger partial charge in [0.2, 0.25) is 0 Å². The van der Waals surface area contributed by atoms with Crippen molar-refractivity contribution in [2.24, 2.45) is 0 Å². The molecule has 27 heavy (non-hydrogen) atoms. The molecular formula is C25H25NS. The van der Waals surface area contributed by atoms with Crippen molar-refractivity contribution in [3.8, 4) is 0 Å². The number of rotatable bonds is 8. The Morgan fingerprint density at radius 3 is 2.04 bits per heavy atom. The summed E-state index contributed by atoms with van der Waals surface area (Å²) in [4.78, 5) is 1.19. The van der Waals surface area contributed by atoms with Crippen molar-refractivity contribution in [1.82, 2.24) is 5.32 Å². The zero-order chi connectivity index (χ0) is 18.9. The van der Waals surface area contributed by atoms with E-state index in [0.717, 1.165) is 12.1 Å². The van der Waals surface area contributed by atoms with Crippen LogP contribution in [0.3, 0.4) is 0 Å². The summed E-state index contributed by atoms with van der Waals surface area (Å²) < 4.78 is 0. The van der Waals surface area contributed by atoms with E-state index in [0.29, 0.717) is 0 Å². The molecule has 0 aliphatic rings. The molecule has 0 bridgehead atoms. The van der Waals surface area contributed by atoms with Crippen molar-refractivity contribution < 1.29 is 0 Å². The summed E-state index contributed by atoms with van der Waals surface area (Å²) in [5.74, 6) is 0. The summed E-state index contributed by atoms with van der Waals surface area (Å²) in [5, 5.41) is 3.70. The standard InChI is InChI=1S/C25H25NS/c1-20(24(27-2)18-21-12-6-3-7-13-21)25(23-16-10-5-11-17-23)26-19-22-14-8-4-9-15-22/h3-18,25-26H,1,19H2,2H3/b24-18-. The van der Waals surface area contributed by atoms with Crippen molar-refractivity contribution in [2.45, 2.75) is 12.6 Å². The summed E-state index contributed by atoms with van der Waals surface area (Å²) >= 11 is 1.74. The zero-order valence-electron chi connectivity index (χ0n) is 15.6. The second kappa shape index (κ2) is 9.96. The van der Waals surface area contributed by atoms with Crippen molar-refractivity contribution >= 4 is 17.8 Å². The predicted octanol–water partition coefficient (Wildman–Crippen LogP) is 6.48. The summed E-state index contributed by atoms with van der Waals surface area (Å²) in [6.45, 7) is 5.26. The van der Waals surface area contributed by atoms with E-state index >= 15 is 0 Å². The van der Waals surface area contributed by atoms with Gasteiger partial charge in [0.25, 0.3) is 0 Å². The Morgan fingerprint density at radius 1 is 0.889 bits per heavy atom. The number of thioether (sulfide) groups is 1. The molecule has 1 atom stereocenters. The SMILES string of the molecule is C=C(/C(=C/c1ccccc1)SC)C(NCc1ccccc1)c1ccccc1. The molecule has 2 heteroatoms. The molecule has 0 amide bonds. The molecule has 0 spiro atoms. The predicted molar refractivity (Wildman–Crippen MR) is 120 cm³/mol. The molecule has 0 fully saturated rings. The first-order valence-electron chi connectivity index (χ1n) is 9.10.